The second kappa shape index (κ2) is 23.5. The SMILES string of the molecule is CC(C)[O-].CC(C)[O-].CC(C)[O-].CCCCC1=[C-]CC=C1.[Hf+4]. The van der Waals surface area contributed by atoms with E-state index in [1.54, 1.807) is 41.5 Å². The van der Waals surface area contributed by atoms with E-state index < -0.39 is 18.3 Å². The van der Waals surface area contributed by atoms with E-state index in [4.69, 9.17) is 0 Å². The zero-order chi connectivity index (χ0) is 17.3. The van der Waals surface area contributed by atoms with E-state index in [1.807, 2.05) is 0 Å². The molecule has 1 rings (SSSR count). The van der Waals surface area contributed by atoms with Crippen LogP contribution in [0.15, 0.2) is 17.7 Å². The summed E-state index contributed by atoms with van der Waals surface area (Å²) in [6.45, 7) is 11.9. The molecule has 0 fully saturated rings. The largest absolute Gasteiger partial charge is 4.00 e. The van der Waals surface area contributed by atoms with Crippen molar-refractivity contribution in [3.05, 3.63) is 23.8 Å². The third kappa shape index (κ3) is 59.3. The van der Waals surface area contributed by atoms with Gasteiger partial charge in [0.2, 0.25) is 0 Å². The fourth-order valence-electron chi connectivity index (χ4n) is 0.989. The molecule has 0 saturated heterocycles. The third-order valence-corrected chi connectivity index (χ3v) is 1.57. The number of allylic oxidation sites excluding steroid dienone is 4. The van der Waals surface area contributed by atoms with Gasteiger partial charge in [0.05, 0.1) is 0 Å². The summed E-state index contributed by atoms with van der Waals surface area (Å²) >= 11 is 0. The Bertz CT molecular complexity index is 224. The molecule has 3 nitrogen and oxygen atoms in total. The zero-order valence-corrected chi connectivity index (χ0v) is 19.0. The summed E-state index contributed by atoms with van der Waals surface area (Å²) in [5, 5.41) is 28.6. The van der Waals surface area contributed by atoms with Crippen LogP contribution in [0.2, 0.25) is 0 Å². The van der Waals surface area contributed by atoms with Crippen LogP contribution in [-0.4, -0.2) is 18.3 Å². The quantitative estimate of drug-likeness (QED) is 0.463. The molecule has 0 spiro atoms. The maximum absolute atomic E-state index is 9.53. The molecule has 0 aromatic heterocycles. The Hall–Kier alpha value is 0.230. The Balaban J connectivity index is -0.000000107. The van der Waals surface area contributed by atoms with Gasteiger partial charge in [0.1, 0.15) is 0 Å². The van der Waals surface area contributed by atoms with Crippen LogP contribution in [-0.2, 0) is 25.8 Å². The zero-order valence-electron chi connectivity index (χ0n) is 15.4. The van der Waals surface area contributed by atoms with Crippen molar-refractivity contribution in [2.75, 3.05) is 0 Å². The molecule has 0 aliphatic heterocycles. The monoisotopic (exact) mass is 478 g/mol. The predicted molar refractivity (Wildman–Crippen MR) is 85.4 cm³/mol. The van der Waals surface area contributed by atoms with Gasteiger partial charge in [-0.1, -0.05) is 67.7 Å². The molecular weight excluding hydrogens is 443 g/mol. The third-order valence-electron chi connectivity index (χ3n) is 1.57. The molecular formula is C18H34HfO3. The first-order chi connectivity index (χ1) is 9.63. The molecule has 0 aromatic rings. The Labute approximate surface area is 157 Å². The maximum atomic E-state index is 9.53. The van der Waals surface area contributed by atoms with Gasteiger partial charge in [0, 0.05) is 0 Å². The topological polar surface area (TPSA) is 69.2 Å². The molecule has 0 N–H and O–H groups in total. The molecule has 0 saturated carbocycles. The van der Waals surface area contributed by atoms with Crippen LogP contribution in [0.25, 0.3) is 0 Å². The summed E-state index contributed by atoms with van der Waals surface area (Å²) in [5.41, 5.74) is 1.41. The molecule has 0 amide bonds. The van der Waals surface area contributed by atoms with Gasteiger partial charge >= 0.3 is 25.8 Å². The molecule has 0 atom stereocenters. The van der Waals surface area contributed by atoms with Crippen LogP contribution in [0.3, 0.4) is 0 Å². The van der Waals surface area contributed by atoms with Gasteiger partial charge in [0.15, 0.2) is 0 Å². The van der Waals surface area contributed by atoms with E-state index in [2.05, 4.69) is 25.2 Å². The predicted octanol–water partition coefficient (Wildman–Crippen LogP) is 2.13. The molecule has 0 heterocycles. The summed E-state index contributed by atoms with van der Waals surface area (Å²) in [7, 11) is 0. The Morgan fingerprint density at radius 1 is 0.955 bits per heavy atom. The van der Waals surface area contributed by atoms with Gasteiger partial charge in [-0.05, 0) is 0 Å². The Morgan fingerprint density at radius 2 is 1.32 bits per heavy atom. The van der Waals surface area contributed by atoms with Gasteiger partial charge in [-0.25, -0.2) is 11.6 Å². The van der Waals surface area contributed by atoms with Crippen LogP contribution in [0.1, 0.15) is 74.1 Å². The van der Waals surface area contributed by atoms with Gasteiger partial charge in [-0.15, -0.1) is 24.7 Å². The molecule has 0 bridgehead atoms. The van der Waals surface area contributed by atoms with Gasteiger partial charge in [-0.3, -0.25) is 6.08 Å². The van der Waals surface area contributed by atoms with Crippen molar-refractivity contribution in [2.45, 2.75) is 92.5 Å². The number of unbranched alkanes of at least 4 members (excludes halogenated alkanes) is 1. The van der Waals surface area contributed by atoms with Gasteiger partial charge in [-0.2, -0.15) is 6.08 Å². The fourth-order valence-corrected chi connectivity index (χ4v) is 0.989. The first-order valence-electron chi connectivity index (χ1n) is 7.87. The van der Waals surface area contributed by atoms with Crippen molar-refractivity contribution >= 4 is 0 Å². The Morgan fingerprint density at radius 3 is 1.55 bits per heavy atom. The normalized spacial score (nSPS) is 11.6. The molecule has 22 heavy (non-hydrogen) atoms. The van der Waals surface area contributed by atoms with Crippen molar-refractivity contribution in [1.82, 2.24) is 0 Å². The van der Waals surface area contributed by atoms with E-state index in [0.717, 1.165) is 6.42 Å². The van der Waals surface area contributed by atoms with E-state index in [1.165, 1.54) is 24.8 Å². The van der Waals surface area contributed by atoms with Crippen molar-refractivity contribution in [3.8, 4) is 0 Å². The molecule has 0 radical (unpaired) electrons. The molecule has 0 unspecified atom stereocenters. The van der Waals surface area contributed by atoms with Crippen LogP contribution in [0, 0.1) is 6.08 Å². The number of hydrogen-bond donors (Lipinski definition) is 0. The average Bonchev–Trinajstić information content (AvgIpc) is 2.76. The summed E-state index contributed by atoms with van der Waals surface area (Å²) in [6, 6.07) is 0. The van der Waals surface area contributed by atoms with Crippen LogP contribution < -0.4 is 15.3 Å². The minimum absolute atomic E-state index is 0. The standard InChI is InChI=1S/C9H13.3C3H7O.Hf/c1-2-3-6-9-7-4-5-8-9;3*1-3(2)4;/h4,7H,2-3,5-6H2,1H3;3*3H,1-2H3;/q4*-1;+4. The fraction of sp³-hybridized carbons (Fsp3) is 0.778. The number of rotatable bonds is 3. The molecule has 0 aromatic carbocycles. The number of hydrogen-bond acceptors (Lipinski definition) is 3. The summed E-state index contributed by atoms with van der Waals surface area (Å²) in [5.74, 6) is 0. The van der Waals surface area contributed by atoms with Gasteiger partial charge < -0.3 is 15.3 Å². The molecule has 128 valence electrons. The summed E-state index contributed by atoms with van der Waals surface area (Å²) in [4.78, 5) is 0. The average molecular weight is 477 g/mol. The molecule has 4 heteroatoms. The van der Waals surface area contributed by atoms with E-state index in [9.17, 15) is 15.3 Å². The summed E-state index contributed by atoms with van der Waals surface area (Å²) in [6.07, 6.45) is 11.3. The minimum atomic E-state index is -0.417. The first-order valence-corrected chi connectivity index (χ1v) is 7.87. The smallest absolute Gasteiger partial charge is 0.852 e. The van der Waals surface area contributed by atoms with Crippen molar-refractivity contribution in [1.29, 1.82) is 0 Å². The van der Waals surface area contributed by atoms with Crippen molar-refractivity contribution < 1.29 is 41.2 Å². The van der Waals surface area contributed by atoms with Crippen LogP contribution in [0.5, 0.6) is 0 Å². The maximum Gasteiger partial charge on any atom is 4.00 e. The minimum Gasteiger partial charge on any atom is -0.852 e. The van der Waals surface area contributed by atoms with E-state index in [-0.39, 0.29) is 25.8 Å². The second-order valence-corrected chi connectivity index (χ2v) is 5.56. The van der Waals surface area contributed by atoms with Crippen LogP contribution in [0.4, 0.5) is 0 Å². The van der Waals surface area contributed by atoms with Crippen molar-refractivity contribution in [3.63, 3.8) is 0 Å². The summed E-state index contributed by atoms with van der Waals surface area (Å²) < 4.78 is 0. The van der Waals surface area contributed by atoms with E-state index in [0.29, 0.717) is 0 Å². The Kier molecular flexibility index (Phi) is 32.2. The van der Waals surface area contributed by atoms with Crippen molar-refractivity contribution in [2.24, 2.45) is 0 Å². The molecule has 1 aliphatic carbocycles. The van der Waals surface area contributed by atoms with Gasteiger partial charge in [0.25, 0.3) is 0 Å². The molecule has 1 aliphatic rings. The second-order valence-electron chi connectivity index (χ2n) is 5.56. The first kappa shape index (κ1) is 30.1. The van der Waals surface area contributed by atoms with E-state index >= 15 is 0 Å². The van der Waals surface area contributed by atoms with Crippen LogP contribution >= 0.6 is 0 Å².